The Morgan fingerprint density at radius 2 is 2.18 bits per heavy atom. The van der Waals surface area contributed by atoms with Gasteiger partial charge in [-0.15, -0.1) is 0 Å². The lowest BCUT2D eigenvalue weighted by Crippen LogP contribution is -2.43. The number of piperidine rings is 1. The van der Waals surface area contributed by atoms with Gasteiger partial charge in [-0.25, -0.2) is 0 Å². The Hall–Kier alpha value is -0.120. The molecule has 0 amide bonds. The number of nitrogens with one attached hydrogen (secondary N) is 1. The molecule has 2 unspecified atom stereocenters. The lowest BCUT2D eigenvalue weighted by molar-refractivity contribution is 0.140. The Morgan fingerprint density at radius 1 is 1.35 bits per heavy atom. The van der Waals surface area contributed by atoms with Crippen molar-refractivity contribution in [3.8, 4) is 0 Å². The summed E-state index contributed by atoms with van der Waals surface area (Å²) in [5, 5.41) is 12.7. The van der Waals surface area contributed by atoms with Crippen LogP contribution in [-0.4, -0.2) is 48.3 Å². The molecule has 102 valence electrons. The maximum atomic E-state index is 9.13. The second-order valence-electron chi connectivity index (χ2n) is 5.34. The maximum Gasteiger partial charge on any atom is 0.0558 e. The third-order valence-corrected chi connectivity index (χ3v) is 3.85. The Bertz CT molecular complexity index is 181. The van der Waals surface area contributed by atoms with Crippen LogP contribution < -0.4 is 5.32 Å². The Labute approximate surface area is 107 Å². The van der Waals surface area contributed by atoms with Crippen LogP contribution in [0.3, 0.4) is 0 Å². The van der Waals surface area contributed by atoms with Crippen molar-refractivity contribution in [3.63, 3.8) is 0 Å². The average Bonchev–Trinajstić information content (AvgIpc) is 2.35. The molecule has 2 atom stereocenters. The molecule has 0 aromatic rings. The van der Waals surface area contributed by atoms with Gasteiger partial charge in [-0.05, 0) is 45.7 Å². The Balaban J connectivity index is 2.31. The molecule has 1 heterocycles. The monoisotopic (exact) mass is 242 g/mol. The van der Waals surface area contributed by atoms with E-state index in [1.807, 2.05) is 0 Å². The molecule has 17 heavy (non-hydrogen) atoms. The summed E-state index contributed by atoms with van der Waals surface area (Å²) in [4.78, 5) is 2.44. The van der Waals surface area contributed by atoms with Crippen molar-refractivity contribution in [1.29, 1.82) is 0 Å². The summed E-state index contributed by atoms with van der Waals surface area (Å²) in [6, 6.07) is 1.28. The molecule has 1 aliphatic rings. The van der Waals surface area contributed by atoms with E-state index >= 15 is 0 Å². The number of unbranched alkanes of at least 4 members (excludes halogenated alkanes) is 1. The van der Waals surface area contributed by atoms with Crippen LogP contribution in [-0.2, 0) is 0 Å². The Morgan fingerprint density at radius 3 is 2.76 bits per heavy atom. The minimum atomic E-state index is 0.284. The smallest absolute Gasteiger partial charge is 0.0558 e. The van der Waals surface area contributed by atoms with Gasteiger partial charge in [0.1, 0.15) is 0 Å². The zero-order valence-electron chi connectivity index (χ0n) is 11.6. The summed E-state index contributed by atoms with van der Waals surface area (Å²) >= 11 is 0. The van der Waals surface area contributed by atoms with Gasteiger partial charge in [-0.1, -0.05) is 19.8 Å². The summed E-state index contributed by atoms with van der Waals surface area (Å²) in [7, 11) is 0. The summed E-state index contributed by atoms with van der Waals surface area (Å²) in [5.41, 5.74) is 0. The molecule has 0 spiro atoms. The average molecular weight is 242 g/mol. The van der Waals surface area contributed by atoms with Crippen molar-refractivity contribution >= 4 is 0 Å². The summed E-state index contributed by atoms with van der Waals surface area (Å²) < 4.78 is 0. The first-order valence-corrected chi connectivity index (χ1v) is 7.36. The number of rotatable bonds is 8. The van der Waals surface area contributed by atoms with Crippen LogP contribution in [0.1, 0.15) is 52.4 Å². The first-order valence-electron chi connectivity index (χ1n) is 7.36. The fraction of sp³-hybridized carbons (Fsp3) is 1.00. The minimum Gasteiger partial charge on any atom is -0.395 e. The van der Waals surface area contributed by atoms with Gasteiger partial charge >= 0.3 is 0 Å². The normalized spacial score (nSPS) is 22.9. The molecule has 0 aromatic heterocycles. The zero-order chi connectivity index (χ0) is 12.5. The van der Waals surface area contributed by atoms with Gasteiger partial charge in [-0.3, -0.25) is 4.90 Å². The summed E-state index contributed by atoms with van der Waals surface area (Å²) in [5.74, 6) is 0. The van der Waals surface area contributed by atoms with Crippen molar-refractivity contribution < 1.29 is 5.11 Å². The molecule has 0 aromatic carbocycles. The molecule has 1 saturated heterocycles. The highest BCUT2D eigenvalue weighted by Gasteiger charge is 2.19. The molecule has 3 heteroatoms. The predicted octanol–water partition coefficient (Wildman–Crippen LogP) is 2.00. The predicted molar refractivity (Wildman–Crippen MR) is 73.3 cm³/mol. The number of hydrogen-bond acceptors (Lipinski definition) is 3. The molecule has 2 N–H and O–H groups in total. The van der Waals surface area contributed by atoms with Crippen LogP contribution in [0.4, 0.5) is 0 Å². The third kappa shape index (κ3) is 5.84. The molecule has 1 aliphatic heterocycles. The first-order chi connectivity index (χ1) is 8.27. The van der Waals surface area contributed by atoms with E-state index in [1.54, 1.807) is 0 Å². The van der Waals surface area contributed by atoms with Gasteiger partial charge in [-0.2, -0.15) is 0 Å². The van der Waals surface area contributed by atoms with E-state index in [4.69, 9.17) is 5.11 Å². The first kappa shape index (κ1) is 14.9. The van der Waals surface area contributed by atoms with Crippen molar-refractivity contribution in [2.75, 3.05) is 26.2 Å². The van der Waals surface area contributed by atoms with Crippen LogP contribution in [0, 0.1) is 0 Å². The number of aliphatic hydroxyl groups excluding tert-OH is 1. The van der Waals surface area contributed by atoms with E-state index in [0.717, 1.165) is 13.1 Å². The van der Waals surface area contributed by atoms with E-state index in [2.05, 4.69) is 24.1 Å². The third-order valence-electron chi connectivity index (χ3n) is 3.85. The van der Waals surface area contributed by atoms with Crippen molar-refractivity contribution in [2.24, 2.45) is 0 Å². The lowest BCUT2D eigenvalue weighted by atomic mass is 9.98. The largest absolute Gasteiger partial charge is 0.395 e. The van der Waals surface area contributed by atoms with E-state index in [9.17, 15) is 0 Å². The molecule has 0 aliphatic carbocycles. The fourth-order valence-corrected chi connectivity index (χ4v) is 2.73. The van der Waals surface area contributed by atoms with Crippen molar-refractivity contribution in [2.45, 2.75) is 64.5 Å². The molecule has 0 saturated carbocycles. The molecule has 0 radical (unpaired) electrons. The number of aliphatic hydroxyl groups is 1. The minimum absolute atomic E-state index is 0.284. The highest BCUT2D eigenvalue weighted by Crippen LogP contribution is 2.15. The van der Waals surface area contributed by atoms with Gasteiger partial charge in [0, 0.05) is 18.6 Å². The lowest BCUT2D eigenvalue weighted by Gasteiger charge is -2.33. The van der Waals surface area contributed by atoms with E-state index in [-0.39, 0.29) is 6.61 Å². The molecule has 1 fully saturated rings. The van der Waals surface area contributed by atoms with Crippen LogP contribution >= 0.6 is 0 Å². The van der Waals surface area contributed by atoms with Crippen LogP contribution in [0.5, 0.6) is 0 Å². The highest BCUT2D eigenvalue weighted by molar-refractivity contribution is 4.78. The summed E-state index contributed by atoms with van der Waals surface area (Å²) in [6.45, 7) is 7.96. The highest BCUT2D eigenvalue weighted by atomic mass is 16.3. The molecular formula is C14H30N2O. The Kier molecular flexibility index (Phi) is 7.82. The van der Waals surface area contributed by atoms with E-state index < -0.39 is 0 Å². The standard InChI is InChI=1S/C14H30N2O/c1-3-4-9-16(10-11-17)13(2)12-14-7-5-6-8-15-14/h13-15,17H,3-12H2,1-2H3. The second kappa shape index (κ2) is 8.90. The van der Waals surface area contributed by atoms with Gasteiger partial charge in [0.05, 0.1) is 6.61 Å². The van der Waals surface area contributed by atoms with Crippen LogP contribution in [0.2, 0.25) is 0 Å². The van der Waals surface area contributed by atoms with Gasteiger partial charge in [0.15, 0.2) is 0 Å². The topological polar surface area (TPSA) is 35.5 Å². The second-order valence-corrected chi connectivity index (χ2v) is 5.34. The number of nitrogens with zero attached hydrogens (tertiary/aromatic N) is 1. The van der Waals surface area contributed by atoms with Crippen LogP contribution in [0.15, 0.2) is 0 Å². The molecule has 3 nitrogen and oxygen atoms in total. The van der Waals surface area contributed by atoms with E-state index in [1.165, 1.54) is 45.1 Å². The van der Waals surface area contributed by atoms with Gasteiger partial charge < -0.3 is 10.4 Å². The van der Waals surface area contributed by atoms with Crippen molar-refractivity contribution in [1.82, 2.24) is 10.2 Å². The zero-order valence-corrected chi connectivity index (χ0v) is 11.6. The number of hydrogen-bond donors (Lipinski definition) is 2. The maximum absolute atomic E-state index is 9.13. The van der Waals surface area contributed by atoms with Gasteiger partial charge in [0.2, 0.25) is 0 Å². The van der Waals surface area contributed by atoms with Crippen molar-refractivity contribution in [3.05, 3.63) is 0 Å². The SMILES string of the molecule is CCCCN(CCO)C(C)CC1CCCCN1. The summed E-state index contributed by atoms with van der Waals surface area (Å²) in [6.07, 6.45) is 7.73. The van der Waals surface area contributed by atoms with Gasteiger partial charge in [0.25, 0.3) is 0 Å². The van der Waals surface area contributed by atoms with Crippen LogP contribution in [0.25, 0.3) is 0 Å². The fourth-order valence-electron chi connectivity index (χ4n) is 2.73. The quantitative estimate of drug-likeness (QED) is 0.683. The molecular weight excluding hydrogens is 212 g/mol. The van der Waals surface area contributed by atoms with E-state index in [0.29, 0.717) is 12.1 Å². The molecule has 0 bridgehead atoms. The molecule has 1 rings (SSSR count).